The average Bonchev–Trinajstić information content (AvgIpc) is 2.93. The number of carbonyl (C=O) groups excluding carboxylic acids is 1. The van der Waals surface area contributed by atoms with Gasteiger partial charge < -0.3 is 14.2 Å². The zero-order valence-corrected chi connectivity index (χ0v) is 17.6. The largest absolute Gasteiger partial charge is 0.493 e. The lowest BCUT2D eigenvalue weighted by atomic mass is 10.2. The number of halogens is 1. The molecule has 1 aromatic carbocycles. The Morgan fingerprint density at radius 3 is 2.67 bits per heavy atom. The third-order valence-corrected chi connectivity index (χ3v) is 6.03. The molecule has 1 aromatic rings. The van der Waals surface area contributed by atoms with Gasteiger partial charge in [-0.25, -0.2) is 0 Å². The maximum Gasteiger partial charge on any atom is 0.266 e. The number of rotatable bonds is 6. The van der Waals surface area contributed by atoms with E-state index < -0.39 is 0 Å². The number of carbonyl (C=O) groups is 1. The topological polar surface area (TPSA) is 51.2 Å². The summed E-state index contributed by atoms with van der Waals surface area (Å²) in [7, 11) is 3.08. The molecule has 0 aliphatic carbocycles. The molecule has 9 heteroatoms. The molecule has 0 aromatic heterocycles. The summed E-state index contributed by atoms with van der Waals surface area (Å²) < 4.78 is 16.5. The third kappa shape index (κ3) is 4.75. The first kappa shape index (κ1) is 20.4. The number of nitrogens with zero attached hydrogens (tertiary/aromatic N) is 2. The van der Waals surface area contributed by atoms with E-state index in [1.807, 2.05) is 0 Å². The highest BCUT2D eigenvalue weighted by Crippen LogP contribution is 2.38. The molecule has 6 nitrogen and oxygen atoms in total. The molecule has 0 N–H and O–H groups in total. The number of thioether (sulfide) groups is 1. The molecule has 2 saturated heterocycles. The molecular weight excluding hydrogens is 408 g/mol. The lowest BCUT2D eigenvalue weighted by Crippen LogP contribution is -2.42. The van der Waals surface area contributed by atoms with Gasteiger partial charge in [-0.1, -0.05) is 35.6 Å². The molecule has 2 heterocycles. The second-order valence-corrected chi connectivity index (χ2v) is 8.11. The van der Waals surface area contributed by atoms with Crippen molar-refractivity contribution in [2.45, 2.75) is 0 Å². The van der Waals surface area contributed by atoms with Gasteiger partial charge in [0, 0.05) is 26.2 Å². The minimum absolute atomic E-state index is 0.0795. The SMILES string of the molecule is COc1cc(/C=C2\SC(=S)N(CCN3CCOCC3)C2=O)cc(Cl)c1OC. The van der Waals surface area contributed by atoms with Gasteiger partial charge in [0.1, 0.15) is 4.32 Å². The summed E-state index contributed by atoms with van der Waals surface area (Å²) >= 11 is 13.0. The fraction of sp³-hybridized carbons (Fsp3) is 0.444. The number of methoxy groups -OCH3 is 2. The number of hydrogen-bond donors (Lipinski definition) is 0. The van der Waals surface area contributed by atoms with Crippen LogP contribution in [0.1, 0.15) is 5.56 Å². The number of thiocarbonyl (C=S) groups is 1. The fourth-order valence-electron chi connectivity index (χ4n) is 2.93. The Labute approximate surface area is 173 Å². The Kier molecular flexibility index (Phi) is 6.99. The first-order valence-corrected chi connectivity index (χ1v) is 10.1. The van der Waals surface area contributed by atoms with E-state index in [1.165, 1.54) is 18.9 Å². The monoisotopic (exact) mass is 428 g/mol. The highest BCUT2D eigenvalue weighted by molar-refractivity contribution is 8.26. The molecule has 0 saturated carbocycles. The fourth-order valence-corrected chi connectivity index (χ4v) is 4.54. The van der Waals surface area contributed by atoms with E-state index in [9.17, 15) is 4.79 Å². The van der Waals surface area contributed by atoms with Crippen LogP contribution in [0.15, 0.2) is 17.0 Å². The van der Waals surface area contributed by atoms with E-state index in [-0.39, 0.29) is 5.91 Å². The highest BCUT2D eigenvalue weighted by Gasteiger charge is 2.32. The number of benzene rings is 1. The van der Waals surface area contributed by atoms with Gasteiger partial charge in [-0.3, -0.25) is 14.6 Å². The number of ether oxygens (including phenoxy) is 3. The van der Waals surface area contributed by atoms with Gasteiger partial charge in [-0.05, 0) is 23.8 Å². The van der Waals surface area contributed by atoms with Crippen LogP contribution in [0.25, 0.3) is 6.08 Å². The van der Waals surface area contributed by atoms with Crippen LogP contribution in [0.2, 0.25) is 5.02 Å². The van der Waals surface area contributed by atoms with Gasteiger partial charge in [-0.15, -0.1) is 0 Å². The van der Waals surface area contributed by atoms with Crippen LogP contribution in [0.4, 0.5) is 0 Å². The first-order chi connectivity index (χ1) is 13.0. The van der Waals surface area contributed by atoms with Gasteiger partial charge in [0.25, 0.3) is 5.91 Å². The highest BCUT2D eigenvalue weighted by atomic mass is 35.5. The molecule has 0 radical (unpaired) electrons. The van der Waals surface area contributed by atoms with E-state index in [4.69, 9.17) is 38.0 Å². The normalized spacial score (nSPS) is 19.8. The summed E-state index contributed by atoms with van der Waals surface area (Å²) in [5, 5.41) is 0.422. The molecule has 0 unspecified atom stereocenters. The predicted molar refractivity (Wildman–Crippen MR) is 112 cm³/mol. The Morgan fingerprint density at radius 1 is 1.26 bits per heavy atom. The maximum absolute atomic E-state index is 12.8. The van der Waals surface area contributed by atoms with Gasteiger partial charge in [-0.2, -0.15) is 0 Å². The molecule has 146 valence electrons. The summed E-state index contributed by atoms with van der Waals surface area (Å²) in [5.41, 5.74) is 0.756. The third-order valence-electron chi connectivity index (χ3n) is 4.37. The minimum atomic E-state index is -0.0795. The van der Waals surface area contributed by atoms with Crippen molar-refractivity contribution in [3.8, 4) is 11.5 Å². The summed E-state index contributed by atoms with van der Waals surface area (Å²) in [4.78, 5) is 17.3. The van der Waals surface area contributed by atoms with E-state index in [0.717, 1.165) is 38.4 Å². The maximum atomic E-state index is 12.8. The van der Waals surface area contributed by atoms with Crippen LogP contribution in [-0.2, 0) is 9.53 Å². The molecule has 2 fully saturated rings. The smallest absolute Gasteiger partial charge is 0.266 e. The molecular formula is C18H21ClN2O4S2. The molecule has 0 bridgehead atoms. The van der Waals surface area contributed by atoms with Crippen molar-refractivity contribution in [3.05, 3.63) is 27.6 Å². The first-order valence-electron chi connectivity index (χ1n) is 8.50. The molecule has 3 rings (SSSR count). The molecule has 0 spiro atoms. The Morgan fingerprint density at radius 2 is 2.00 bits per heavy atom. The van der Waals surface area contributed by atoms with E-state index in [0.29, 0.717) is 32.3 Å². The molecule has 27 heavy (non-hydrogen) atoms. The van der Waals surface area contributed by atoms with Crippen molar-refractivity contribution in [1.82, 2.24) is 9.80 Å². The Hall–Kier alpha value is -1.32. The lowest BCUT2D eigenvalue weighted by Gasteiger charge is -2.28. The van der Waals surface area contributed by atoms with Crippen molar-refractivity contribution in [1.29, 1.82) is 0 Å². The van der Waals surface area contributed by atoms with Gasteiger partial charge in [0.15, 0.2) is 11.5 Å². The predicted octanol–water partition coefficient (Wildman–Crippen LogP) is 2.89. The van der Waals surface area contributed by atoms with Crippen molar-refractivity contribution < 1.29 is 19.0 Å². The molecule has 2 aliphatic rings. The molecule has 0 atom stereocenters. The van der Waals surface area contributed by atoms with Crippen LogP contribution in [-0.4, -0.2) is 73.6 Å². The average molecular weight is 429 g/mol. The molecule has 1 amide bonds. The van der Waals surface area contributed by atoms with E-state index in [1.54, 1.807) is 30.2 Å². The van der Waals surface area contributed by atoms with Crippen LogP contribution in [0.5, 0.6) is 11.5 Å². The minimum Gasteiger partial charge on any atom is -0.493 e. The van der Waals surface area contributed by atoms with Crippen LogP contribution in [0, 0.1) is 0 Å². The Bertz CT molecular complexity index is 766. The lowest BCUT2D eigenvalue weighted by molar-refractivity contribution is -0.122. The zero-order valence-electron chi connectivity index (χ0n) is 15.2. The van der Waals surface area contributed by atoms with Crippen molar-refractivity contribution in [3.63, 3.8) is 0 Å². The summed E-state index contributed by atoms with van der Waals surface area (Å²) in [5.74, 6) is 0.901. The number of morpholine rings is 1. The number of hydrogen-bond acceptors (Lipinski definition) is 7. The summed E-state index contributed by atoms with van der Waals surface area (Å²) in [6, 6.07) is 3.52. The van der Waals surface area contributed by atoms with Gasteiger partial charge in [0.05, 0.1) is 37.4 Å². The summed E-state index contributed by atoms with van der Waals surface area (Å²) in [6.45, 7) is 4.60. The quantitative estimate of drug-likeness (QED) is 0.510. The Balaban J connectivity index is 1.73. The van der Waals surface area contributed by atoms with E-state index in [2.05, 4.69) is 4.90 Å². The van der Waals surface area contributed by atoms with Crippen LogP contribution in [0.3, 0.4) is 0 Å². The van der Waals surface area contributed by atoms with Crippen LogP contribution < -0.4 is 9.47 Å². The van der Waals surface area contributed by atoms with Crippen molar-refractivity contribution in [2.24, 2.45) is 0 Å². The van der Waals surface area contributed by atoms with Gasteiger partial charge in [0.2, 0.25) is 0 Å². The second kappa shape index (κ2) is 9.25. The zero-order chi connectivity index (χ0) is 19.4. The standard InChI is InChI=1S/C18H21ClN2O4S2/c1-23-14-10-12(9-13(19)16(14)24-2)11-15-17(22)21(18(26)27-15)4-3-20-5-7-25-8-6-20/h9-11H,3-8H2,1-2H3/b15-11-. The van der Waals surface area contributed by atoms with E-state index >= 15 is 0 Å². The van der Waals surface area contributed by atoms with Crippen LogP contribution >= 0.6 is 35.6 Å². The van der Waals surface area contributed by atoms with Crippen molar-refractivity contribution in [2.75, 3.05) is 53.6 Å². The second-order valence-electron chi connectivity index (χ2n) is 6.03. The molecule has 2 aliphatic heterocycles. The van der Waals surface area contributed by atoms with Crippen molar-refractivity contribution >= 4 is 51.9 Å². The number of amides is 1. The summed E-state index contributed by atoms with van der Waals surface area (Å²) in [6.07, 6.45) is 1.78. The van der Waals surface area contributed by atoms with Gasteiger partial charge >= 0.3 is 0 Å².